The first-order chi connectivity index (χ1) is 18.5. The molecule has 1 heterocycles. The van der Waals surface area contributed by atoms with Crippen LogP contribution in [0.5, 0.6) is 5.75 Å². The first-order valence-corrected chi connectivity index (χ1v) is 13.6. The predicted molar refractivity (Wildman–Crippen MR) is 159 cm³/mol. The van der Waals surface area contributed by atoms with Gasteiger partial charge >= 0.3 is 0 Å². The van der Waals surface area contributed by atoms with Crippen LogP contribution in [0.3, 0.4) is 0 Å². The van der Waals surface area contributed by atoms with Crippen molar-refractivity contribution in [2.45, 2.75) is 13.0 Å². The number of aromatic amines is 1. The Morgan fingerprint density at radius 3 is 2.50 bits per heavy atom. The lowest BCUT2D eigenvalue weighted by atomic mass is 10.1. The molecule has 0 saturated carbocycles. The van der Waals surface area contributed by atoms with Crippen molar-refractivity contribution in [3.05, 3.63) is 116 Å². The second-order valence-corrected chi connectivity index (χ2v) is 10.5. The Balaban J connectivity index is 1.23. The maximum atomic E-state index is 12.7. The molecule has 0 aliphatic heterocycles. The van der Waals surface area contributed by atoms with Gasteiger partial charge in [0.2, 0.25) is 0 Å². The average Bonchev–Trinajstić information content (AvgIpc) is 3.34. The number of ether oxygens (including phenoxy) is 1. The van der Waals surface area contributed by atoms with E-state index in [-0.39, 0.29) is 5.57 Å². The molecule has 4 aromatic carbocycles. The Hall–Kier alpha value is -3.86. The van der Waals surface area contributed by atoms with Crippen molar-refractivity contribution in [2.75, 3.05) is 6.54 Å². The summed E-state index contributed by atoms with van der Waals surface area (Å²) in [6.07, 6.45) is 4.19. The summed E-state index contributed by atoms with van der Waals surface area (Å²) in [5.74, 6) is 0.244. The Bertz CT molecular complexity index is 1690. The third-order valence-corrected chi connectivity index (χ3v) is 7.43. The fraction of sp³-hybridized carbons (Fsp3) is 0.0968. The average molecular weight is 629 g/mol. The summed E-state index contributed by atoms with van der Waals surface area (Å²) in [6, 6.07) is 28.2. The quantitative estimate of drug-likeness (QED) is 0.137. The third-order valence-electron chi connectivity index (χ3n) is 6.25. The van der Waals surface area contributed by atoms with E-state index in [9.17, 15) is 10.1 Å². The Labute approximate surface area is 237 Å². The number of amides is 1. The van der Waals surface area contributed by atoms with Gasteiger partial charge in [0.25, 0.3) is 5.91 Å². The highest BCUT2D eigenvalue weighted by Gasteiger charge is 2.13. The van der Waals surface area contributed by atoms with Gasteiger partial charge in [0.05, 0.1) is 8.95 Å². The van der Waals surface area contributed by atoms with Crippen molar-refractivity contribution < 1.29 is 9.53 Å². The van der Waals surface area contributed by atoms with Crippen LogP contribution < -0.4 is 10.1 Å². The lowest BCUT2D eigenvalue weighted by Gasteiger charge is -2.12. The van der Waals surface area contributed by atoms with Crippen LogP contribution in [-0.2, 0) is 17.8 Å². The molecular weight excluding hydrogens is 606 g/mol. The second kappa shape index (κ2) is 11.7. The monoisotopic (exact) mass is 627 g/mol. The molecule has 0 bridgehead atoms. The number of halogens is 2. The van der Waals surface area contributed by atoms with E-state index in [1.807, 2.05) is 54.7 Å². The standard InChI is InChI=1S/C31H23Br2N3O2/c32-27-15-21(16-28(33)30(27)38-19-20-9-10-22-5-1-2-6-23(22)13-20)14-25(17-34)31(37)35-12-11-24-18-36-29-8-4-3-7-26(24)29/h1-10,13-16,18,36H,11-12,19H2,(H,35,37)/b25-14-. The van der Waals surface area contributed by atoms with Crippen molar-refractivity contribution in [3.8, 4) is 11.8 Å². The zero-order valence-electron chi connectivity index (χ0n) is 20.3. The topological polar surface area (TPSA) is 77.9 Å². The molecule has 7 heteroatoms. The van der Waals surface area contributed by atoms with Crippen molar-refractivity contribution >= 4 is 65.5 Å². The summed E-state index contributed by atoms with van der Waals surface area (Å²) < 4.78 is 7.53. The number of rotatable bonds is 8. The maximum Gasteiger partial charge on any atom is 0.261 e. The van der Waals surface area contributed by atoms with Crippen molar-refractivity contribution in [1.82, 2.24) is 10.3 Å². The summed E-state index contributed by atoms with van der Waals surface area (Å²) in [5, 5.41) is 16.0. The number of benzene rings is 4. The van der Waals surface area contributed by atoms with Crippen LogP contribution in [0.15, 0.2) is 99.6 Å². The fourth-order valence-corrected chi connectivity index (χ4v) is 5.80. The number of nitrogens with one attached hydrogen (secondary N) is 2. The fourth-order valence-electron chi connectivity index (χ4n) is 4.34. The molecule has 5 rings (SSSR count). The smallest absolute Gasteiger partial charge is 0.261 e. The van der Waals surface area contributed by atoms with Gasteiger partial charge in [-0.1, -0.05) is 54.6 Å². The van der Waals surface area contributed by atoms with E-state index in [0.717, 1.165) is 36.4 Å². The molecule has 1 aromatic heterocycles. The van der Waals surface area contributed by atoms with Gasteiger partial charge in [-0.25, -0.2) is 0 Å². The summed E-state index contributed by atoms with van der Waals surface area (Å²) in [4.78, 5) is 15.9. The van der Waals surface area contributed by atoms with Crippen molar-refractivity contribution in [1.29, 1.82) is 5.26 Å². The number of para-hydroxylation sites is 1. The van der Waals surface area contributed by atoms with Crippen LogP contribution in [0.2, 0.25) is 0 Å². The molecule has 5 nitrogen and oxygen atoms in total. The van der Waals surface area contributed by atoms with Gasteiger partial charge in [-0.2, -0.15) is 5.26 Å². The first kappa shape index (κ1) is 25.8. The minimum absolute atomic E-state index is 0.0348. The molecule has 0 radical (unpaired) electrons. The molecule has 0 spiro atoms. The molecule has 5 aromatic rings. The number of carbonyl (C=O) groups excluding carboxylic acids is 1. The first-order valence-electron chi connectivity index (χ1n) is 12.1. The van der Waals surface area contributed by atoms with Gasteiger partial charge in [-0.05, 0) is 96.1 Å². The van der Waals surface area contributed by atoms with Crippen LogP contribution in [0.25, 0.3) is 27.8 Å². The molecular formula is C31H23Br2N3O2. The van der Waals surface area contributed by atoms with Crippen LogP contribution in [0.1, 0.15) is 16.7 Å². The molecule has 0 aliphatic rings. The number of hydrogen-bond donors (Lipinski definition) is 2. The van der Waals surface area contributed by atoms with Crippen molar-refractivity contribution in [3.63, 3.8) is 0 Å². The van der Waals surface area contributed by atoms with E-state index in [1.54, 1.807) is 6.08 Å². The number of fused-ring (bicyclic) bond motifs is 2. The minimum atomic E-state index is -0.406. The summed E-state index contributed by atoms with van der Waals surface area (Å²) in [5.41, 5.74) is 3.98. The molecule has 0 saturated heterocycles. The van der Waals surface area contributed by atoms with E-state index in [4.69, 9.17) is 4.74 Å². The highest BCUT2D eigenvalue weighted by atomic mass is 79.9. The largest absolute Gasteiger partial charge is 0.487 e. The van der Waals surface area contributed by atoms with E-state index in [0.29, 0.717) is 30.9 Å². The molecule has 0 unspecified atom stereocenters. The molecule has 0 aliphatic carbocycles. The predicted octanol–water partition coefficient (Wildman–Crippen LogP) is 7.69. The van der Waals surface area contributed by atoms with Gasteiger partial charge in [0.1, 0.15) is 24.0 Å². The van der Waals surface area contributed by atoms with Gasteiger partial charge in [-0.3, -0.25) is 4.79 Å². The number of carbonyl (C=O) groups is 1. The molecule has 0 atom stereocenters. The highest BCUT2D eigenvalue weighted by Crippen LogP contribution is 2.36. The number of hydrogen-bond acceptors (Lipinski definition) is 3. The highest BCUT2D eigenvalue weighted by molar-refractivity contribution is 9.11. The normalized spacial score (nSPS) is 11.4. The number of nitrogens with zero attached hydrogens (tertiary/aromatic N) is 1. The van der Waals surface area contributed by atoms with Crippen LogP contribution in [0.4, 0.5) is 0 Å². The van der Waals surface area contributed by atoms with E-state index < -0.39 is 5.91 Å². The number of aromatic nitrogens is 1. The summed E-state index contributed by atoms with van der Waals surface area (Å²) in [6.45, 7) is 0.828. The molecule has 2 N–H and O–H groups in total. The minimum Gasteiger partial charge on any atom is -0.487 e. The molecule has 0 fully saturated rings. The Kier molecular flexibility index (Phi) is 7.92. The Morgan fingerprint density at radius 1 is 0.974 bits per heavy atom. The zero-order valence-corrected chi connectivity index (χ0v) is 23.5. The second-order valence-electron chi connectivity index (χ2n) is 8.82. The van der Waals surface area contributed by atoms with Gasteiger partial charge in [0, 0.05) is 23.6 Å². The summed E-state index contributed by atoms with van der Waals surface area (Å²) >= 11 is 7.15. The van der Waals surface area contributed by atoms with Crippen LogP contribution >= 0.6 is 31.9 Å². The van der Waals surface area contributed by atoms with Crippen molar-refractivity contribution in [2.24, 2.45) is 0 Å². The third kappa shape index (κ3) is 5.83. The molecule has 38 heavy (non-hydrogen) atoms. The summed E-state index contributed by atoms with van der Waals surface area (Å²) in [7, 11) is 0. The van der Waals surface area contributed by atoms with Crippen LogP contribution in [0, 0.1) is 11.3 Å². The SMILES string of the molecule is N#C/C(=C/c1cc(Br)c(OCc2ccc3ccccc3c2)c(Br)c1)C(=O)NCCc1c[nH]c2ccccc12. The number of H-pyrrole nitrogens is 1. The lowest BCUT2D eigenvalue weighted by Crippen LogP contribution is -2.26. The van der Waals surface area contributed by atoms with E-state index >= 15 is 0 Å². The number of nitriles is 1. The van der Waals surface area contributed by atoms with Gasteiger partial charge in [0.15, 0.2) is 0 Å². The van der Waals surface area contributed by atoms with E-state index in [1.165, 1.54) is 5.39 Å². The van der Waals surface area contributed by atoms with Crippen LogP contribution in [-0.4, -0.2) is 17.4 Å². The molecule has 1 amide bonds. The maximum absolute atomic E-state index is 12.7. The lowest BCUT2D eigenvalue weighted by molar-refractivity contribution is -0.117. The van der Waals surface area contributed by atoms with Gasteiger partial charge < -0.3 is 15.0 Å². The van der Waals surface area contributed by atoms with Gasteiger partial charge in [-0.15, -0.1) is 0 Å². The molecule has 188 valence electrons. The zero-order chi connectivity index (χ0) is 26.5. The van der Waals surface area contributed by atoms with E-state index in [2.05, 4.69) is 78.6 Å². The Morgan fingerprint density at radius 2 is 1.71 bits per heavy atom.